The van der Waals surface area contributed by atoms with Gasteiger partial charge in [0.1, 0.15) is 11.6 Å². The number of hydrogen-bond acceptors (Lipinski definition) is 5. The largest absolute Gasteiger partial charge is 0.369 e. The molecule has 0 aliphatic carbocycles. The first-order valence-electron chi connectivity index (χ1n) is 7.19. The van der Waals surface area contributed by atoms with Gasteiger partial charge >= 0.3 is 0 Å². The summed E-state index contributed by atoms with van der Waals surface area (Å²) < 4.78 is 1.81. The fourth-order valence-corrected chi connectivity index (χ4v) is 2.64. The predicted octanol–water partition coefficient (Wildman–Crippen LogP) is 3.22. The van der Waals surface area contributed by atoms with Crippen LogP contribution in [0.25, 0.3) is 11.0 Å². The van der Waals surface area contributed by atoms with E-state index in [2.05, 4.69) is 41.2 Å². The van der Waals surface area contributed by atoms with E-state index in [-0.39, 0.29) is 0 Å². The van der Waals surface area contributed by atoms with E-state index < -0.39 is 0 Å². The number of hydrogen-bond donors (Lipinski definition) is 1. The molecule has 0 spiro atoms. The van der Waals surface area contributed by atoms with E-state index in [0.717, 1.165) is 41.4 Å². The standard InChI is InChI=1S/C14H23N5S/c1-5-7-15-13-11-8-16-19(4)14(11)18-12(17-13)9-20-10(3)6-2/h8,10H,5-7,9H2,1-4H3,(H,15,17,18). The molecule has 6 heteroatoms. The summed E-state index contributed by atoms with van der Waals surface area (Å²) in [6, 6.07) is 0. The second-order valence-corrected chi connectivity index (χ2v) is 6.38. The molecule has 110 valence electrons. The SMILES string of the molecule is CCCNc1nc(CSC(C)CC)nc2c1cnn2C. The summed E-state index contributed by atoms with van der Waals surface area (Å²) in [6.07, 6.45) is 4.07. The fourth-order valence-electron chi connectivity index (χ4n) is 1.84. The zero-order valence-corrected chi connectivity index (χ0v) is 13.5. The summed E-state index contributed by atoms with van der Waals surface area (Å²) in [5.41, 5.74) is 0.901. The van der Waals surface area contributed by atoms with Gasteiger partial charge in [-0.3, -0.25) is 4.68 Å². The number of anilines is 1. The number of nitrogens with zero attached hydrogens (tertiary/aromatic N) is 4. The van der Waals surface area contributed by atoms with Crippen molar-refractivity contribution in [1.82, 2.24) is 19.7 Å². The van der Waals surface area contributed by atoms with Crippen molar-refractivity contribution in [3.63, 3.8) is 0 Å². The Balaban J connectivity index is 2.28. The molecule has 2 aromatic heterocycles. The van der Waals surface area contributed by atoms with Crippen molar-refractivity contribution in [3.8, 4) is 0 Å². The Morgan fingerprint density at radius 3 is 2.85 bits per heavy atom. The summed E-state index contributed by atoms with van der Waals surface area (Å²) in [7, 11) is 1.92. The molecule has 0 aromatic carbocycles. The zero-order chi connectivity index (χ0) is 14.5. The van der Waals surface area contributed by atoms with Crippen molar-refractivity contribution in [1.29, 1.82) is 0 Å². The molecule has 1 N–H and O–H groups in total. The molecule has 0 aliphatic heterocycles. The lowest BCUT2D eigenvalue weighted by Gasteiger charge is -2.10. The van der Waals surface area contributed by atoms with Crippen LogP contribution in [0, 0.1) is 0 Å². The Labute approximate surface area is 124 Å². The molecule has 0 amide bonds. The Bertz CT molecular complexity index is 566. The lowest BCUT2D eigenvalue weighted by Crippen LogP contribution is -2.07. The van der Waals surface area contributed by atoms with E-state index in [1.807, 2.05) is 29.7 Å². The molecule has 1 atom stereocenters. The van der Waals surface area contributed by atoms with Gasteiger partial charge in [0.25, 0.3) is 0 Å². The lowest BCUT2D eigenvalue weighted by atomic mass is 10.3. The Morgan fingerprint density at radius 1 is 1.35 bits per heavy atom. The molecule has 1 unspecified atom stereocenters. The van der Waals surface area contributed by atoms with Gasteiger partial charge in [0.2, 0.25) is 0 Å². The monoisotopic (exact) mass is 293 g/mol. The van der Waals surface area contributed by atoms with Crippen molar-refractivity contribution in [2.24, 2.45) is 7.05 Å². The maximum atomic E-state index is 4.66. The van der Waals surface area contributed by atoms with E-state index in [4.69, 9.17) is 0 Å². The number of nitrogens with one attached hydrogen (secondary N) is 1. The van der Waals surface area contributed by atoms with Crippen molar-refractivity contribution in [3.05, 3.63) is 12.0 Å². The van der Waals surface area contributed by atoms with Gasteiger partial charge in [0.05, 0.1) is 17.3 Å². The van der Waals surface area contributed by atoms with Gasteiger partial charge in [0, 0.05) is 18.8 Å². The molecule has 5 nitrogen and oxygen atoms in total. The second kappa shape index (κ2) is 6.92. The van der Waals surface area contributed by atoms with E-state index in [1.54, 1.807) is 0 Å². The third-order valence-corrected chi connectivity index (χ3v) is 4.58. The molecule has 2 aromatic rings. The molecule has 0 radical (unpaired) electrons. The molecule has 0 saturated heterocycles. The van der Waals surface area contributed by atoms with Crippen LogP contribution in [-0.2, 0) is 12.8 Å². The first kappa shape index (κ1) is 15.1. The quantitative estimate of drug-likeness (QED) is 0.849. The van der Waals surface area contributed by atoms with Crippen LogP contribution in [0.1, 0.15) is 39.4 Å². The molecule has 2 heterocycles. The van der Waals surface area contributed by atoms with Crippen LogP contribution in [-0.4, -0.2) is 31.5 Å². The Kier molecular flexibility index (Phi) is 5.23. The maximum absolute atomic E-state index is 4.66. The number of aromatic nitrogens is 4. The minimum atomic E-state index is 0.632. The fraction of sp³-hybridized carbons (Fsp3) is 0.643. The van der Waals surface area contributed by atoms with Gasteiger partial charge in [0.15, 0.2) is 5.65 Å². The number of rotatable bonds is 7. The van der Waals surface area contributed by atoms with Crippen LogP contribution in [0.15, 0.2) is 6.20 Å². The molecule has 2 rings (SSSR count). The highest BCUT2D eigenvalue weighted by Gasteiger charge is 2.12. The van der Waals surface area contributed by atoms with Crippen LogP contribution in [0.2, 0.25) is 0 Å². The van der Waals surface area contributed by atoms with Gasteiger partial charge in [-0.1, -0.05) is 20.8 Å². The lowest BCUT2D eigenvalue weighted by molar-refractivity contribution is 0.782. The third kappa shape index (κ3) is 3.42. The first-order chi connectivity index (χ1) is 9.65. The van der Waals surface area contributed by atoms with Crippen LogP contribution in [0.4, 0.5) is 5.82 Å². The summed E-state index contributed by atoms with van der Waals surface area (Å²) in [6.45, 7) is 7.51. The van der Waals surface area contributed by atoms with E-state index in [9.17, 15) is 0 Å². The second-order valence-electron chi connectivity index (χ2n) is 4.95. The normalized spacial score (nSPS) is 12.8. The molecule has 20 heavy (non-hydrogen) atoms. The van der Waals surface area contributed by atoms with Crippen molar-refractivity contribution < 1.29 is 0 Å². The van der Waals surface area contributed by atoms with Gasteiger partial charge in [-0.05, 0) is 12.8 Å². The van der Waals surface area contributed by atoms with E-state index >= 15 is 0 Å². The highest BCUT2D eigenvalue weighted by Crippen LogP contribution is 2.23. The number of thioether (sulfide) groups is 1. The number of fused-ring (bicyclic) bond motifs is 1. The molecule has 0 saturated carbocycles. The average Bonchev–Trinajstić information content (AvgIpc) is 2.84. The van der Waals surface area contributed by atoms with Gasteiger partial charge in [-0.25, -0.2) is 9.97 Å². The maximum Gasteiger partial charge on any atom is 0.163 e. The topological polar surface area (TPSA) is 55.6 Å². The van der Waals surface area contributed by atoms with Gasteiger partial charge in [-0.15, -0.1) is 0 Å². The van der Waals surface area contributed by atoms with Crippen LogP contribution in [0.5, 0.6) is 0 Å². The summed E-state index contributed by atoms with van der Waals surface area (Å²) in [4.78, 5) is 9.30. The first-order valence-corrected chi connectivity index (χ1v) is 8.24. The molecule has 0 bridgehead atoms. The summed E-state index contributed by atoms with van der Waals surface area (Å²) >= 11 is 1.90. The molecule has 0 aliphatic rings. The zero-order valence-electron chi connectivity index (χ0n) is 12.7. The van der Waals surface area contributed by atoms with Crippen molar-refractivity contribution >= 4 is 28.6 Å². The van der Waals surface area contributed by atoms with Crippen LogP contribution in [0.3, 0.4) is 0 Å². The Hall–Kier alpha value is -1.30. The van der Waals surface area contributed by atoms with Crippen LogP contribution >= 0.6 is 11.8 Å². The minimum Gasteiger partial charge on any atom is -0.369 e. The summed E-state index contributed by atoms with van der Waals surface area (Å²) in [5.74, 6) is 2.63. The third-order valence-electron chi connectivity index (χ3n) is 3.25. The smallest absolute Gasteiger partial charge is 0.163 e. The van der Waals surface area contributed by atoms with E-state index in [1.165, 1.54) is 6.42 Å². The van der Waals surface area contributed by atoms with E-state index in [0.29, 0.717) is 5.25 Å². The van der Waals surface area contributed by atoms with Crippen LogP contribution < -0.4 is 5.32 Å². The van der Waals surface area contributed by atoms with Crippen molar-refractivity contribution in [2.45, 2.75) is 44.6 Å². The average molecular weight is 293 g/mol. The Morgan fingerprint density at radius 2 is 2.15 bits per heavy atom. The minimum absolute atomic E-state index is 0.632. The number of aryl methyl sites for hydroxylation is 1. The molecule has 0 fully saturated rings. The van der Waals surface area contributed by atoms with Gasteiger partial charge in [-0.2, -0.15) is 16.9 Å². The molecular formula is C14H23N5S. The summed E-state index contributed by atoms with van der Waals surface area (Å²) in [5, 5.41) is 9.29. The van der Waals surface area contributed by atoms with Crippen molar-refractivity contribution in [2.75, 3.05) is 11.9 Å². The molecular weight excluding hydrogens is 270 g/mol. The highest BCUT2D eigenvalue weighted by atomic mass is 32.2. The van der Waals surface area contributed by atoms with Gasteiger partial charge < -0.3 is 5.32 Å². The highest BCUT2D eigenvalue weighted by molar-refractivity contribution is 7.99. The predicted molar refractivity (Wildman–Crippen MR) is 86.1 cm³/mol.